The van der Waals surface area contributed by atoms with Crippen molar-refractivity contribution in [2.75, 3.05) is 0 Å². The maximum absolute atomic E-state index is 11.5. The van der Waals surface area contributed by atoms with E-state index in [2.05, 4.69) is 40.6 Å². The number of nitrogens with one attached hydrogen (secondary N) is 1. The van der Waals surface area contributed by atoms with E-state index in [4.69, 9.17) is 4.42 Å². The van der Waals surface area contributed by atoms with Crippen LogP contribution in [0.25, 0.3) is 34.0 Å². The molecule has 6 nitrogen and oxygen atoms in total. The van der Waals surface area contributed by atoms with Gasteiger partial charge in [0.25, 0.3) is 0 Å². The van der Waals surface area contributed by atoms with E-state index in [1.54, 1.807) is 0 Å². The van der Waals surface area contributed by atoms with Gasteiger partial charge in [0, 0.05) is 17.7 Å². The fourth-order valence-corrected chi connectivity index (χ4v) is 4.04. The van der Waals surface area contributed by atoms with Crippen molar-refractivity contribution in [1.82, 2.24) is 15.5 Å². The predicted molar refractivity (Wildman–Crippen MR) is 133 cm³/mol. The Morgan fingerprint density at radius 3 is 2.32 bits per heavy atom. The van der Waals surface area contributed by atoms with Gasteiger partial charge in [-0.2, -0.15) is 0 Å². The third kappa shape index (κ3) is 5.41. The van der Waals surface area contributed by atoms with Crippen molar-refractivity contribution >= 4 is 5.97 Å². The number of rotatable bonds is 9. The van der Waals surface area contributed by atoms with E-state index in [1.165, 1.54) is 0 Å². The summed E-state index contributed by atoms with van der Waals surface area (Å²) >= 11 is 0. The third-order valence-electron chi connectivity index (χ3n) is 5.81. The van der Waals surface area contributed by atoms with E-state index in [0.717, 1.165) is 33.4 Å². The molecule has 6 heteroatoms. The molecule has 34 heavy (non-hydrogen) atoms. The molecule has 4 aromatic rings. The maximum atomic E-state index is 11.5. The second-order valence-corrected chi connectivity index (χ2v) is 8.86. The summed E-state index contributed by atoms with van der Waals surface area (Å²) in [6, 6.07) is 23.4. The molecule has 1 heterocycles. The Bertz CT molecular complexity index is 1260. The Balaban J connectivity index is 1.55. The van der Waals surface area contributed by atoms with Crippen molar-refractivity contribution in [2.24, 2.45) is 5.92 Å². The number of aromatic nitrogens is 2. The molecule has 0 radical (unpaired) electrons. The lowest BCUT2D eigenvalue weighted by molar-refractivity contribution is -0.140. The summed E-state index contributed by atoms with van der Waals surface area (Å²) in [6.07, 6.45) is 0.573. The first kappa shape index (κ1) is 23.4. The molecule has 0 bridgehead atoms. The lowest BCUT2D eigenvalue weighted by Gasteiger charge is -2.16. The molecule has 0 amide bonds. The highest BCUT2D eigenvalue weighted by molar-refractivity contribution is 5.75. The van der Waals surface area contributed by atoms with E-state index in [-0.39, 0.29) is 0 Å². The van der Waals surface area contributed by atoms with Crippen LogP contribution in [0.5, 0.6) is 0 Å². The van der Waals surface area contributed by atoms with Gasteiger partial charge in [-0.05, 0) is 59.7 Å². The highest BCUT2D eigenvalue weighted by Crippen LogP contribution is 2.32. The molecule has 4 rings (SSSR count). The van der Waals surface area contributed by atoms with Gasteiger partial charge < -0.3 is 14.8 Å². The molecule has 2 N–H and O–H groups in total. The van der Waals surface area contributed by atoms with Gasteiger partial charge in [-0.1, -0.05) is 68.4 Å². The number of carboxylic acids is 1. The minimum atomic E-state index is -0.834. The third-order valence-corrected chi connectivity index (χ3v) is 5.81. The molecule has 0 aliphatic rings. The second kappa shape index (κ2) is 10.4. The highest BCUT2D eigenvalue weighted by atomic mass is 16.4. The molecule has 0 aliphatic carbocycles. The molecular weight excluding hydrogens is 426 g/mol. The van der Waals surface area contributed by atoms with Crippen molar-refractivity contribution in [3.8, 4) is 34.0 Å². The molecule has 0 spiro atoms. The fraction of sp³-hybridized carbons (Fsp3) is 0.250. The van der Waals surface area contributed by atoms with Gasteiger partial charge in [0.1, 0.15) is 6.04 Å². The van der Waals surface area contributed by atoms with Crippen molar-refractivity contribution in [3.63, 3.8) is 0 Å². The average Bonchev–Trinajstić information content (AvgIpc) is 3.32. The van der Waals surface area contributed by atoms with Crippen molar-refractivity contribution in [2.45, 2.75) is 39.8 Å². The zero-order valence-electron chi connectivity index (χ0n) is 19.7. The van der Waals surface area contributed by atoms with Crippen molar-refractivity contribution in [1.29, 1.82) is 0 Å². The van der Waals surface area contributed by atoms with E-state index in [1.807, 2.05) is 68.4 Å². The standard InChI is InChI=1S/C28H29N3O3/c1-18(2)15-25(28(32)33)29-17-20-9-7-12-22(16-20)26-30-31-27(34-26)24-14-8-13-23(19(24)3)21-10-5-4-6-11-21/h4-14,16,18,25,29H,15,17H2,1-3H3,(H,32,33)/t25-/m0/s1. The van der Waals surface area contributed by atoms with Crippen molar-refractivity contribution < 1.29 is 14.3 Å². The van der Waals surface area contributed by atoms with Gasteiger partial charge in [0.15, 0.2) is 0 Å². The van der Waals surface area contributed by atoms with Crippen LogP contribution in [0.1, 0.15) is 31.4 Å². The van der Waals surface area contributed by atoms with E-state index < -0.39 is 12.0 Å². The molecule has 0 fully saturated rings. The van der Waals surface area contributed by atoms with Gasteiger partial charge in [-0.25, -0.2) is 0 Å². The summed E-state index contributed by atoms with van der Waals surface area (Å²) in [5, 5.41) is 21.2. The van der Waals surface area contributed by atoms with Crippen LogP contribution in [0.3, 0.4) is 0 Å². The quantitative estimate of drug-likeness (QED) is 0.323. The van der Waals surface area contributed by atoms with Gasteiger partial charge >= 0.3 is 5.97 Å². The first-order valence-corrected chi connectivity index (χ1v) is 11.5. The van der Waals surface area contributed by atoms with Gasteiger partial charge in [0.05, 0.1) is 0 Å². The normalized spacial score (nSPS) is 12.1. The molecule has 1 aromatic heterocycles. The summed E-state index contributed by atoms with van der Waals surface area (Å²) in [5.41, 5.74) is 5.99. The average molecular weight is 456 g/mol. The molecular formula is C28H29N3O3. The number of nitrogens with zero attached hydrogens (tertiary/aromatic N) is 2. The Morgan fingerprint density at radius 1 is 0.912 bits per heavy atom. The zero-order chi connectivity index (χ0) is 24.1. The van der Waals surface area contributed by atoms with Gasteiger partial charge in [-0.15, -0.1) is 10.2 Å². The smallest absolute Gasteiger partial charge is 0.320 e. The molecule has 0 saturated carbocycles. The van der Waals surface area contributed by atoms with Crippen LogP contribution in [0.4, 0.5) is 0 Å². The van der Waals surface area contributed by atoms with Crippen LogP contribution in [-0.4, -0.2) is 27.3 Å². The number of benzene rings is 3. The summed E-state index contributed by atoms with van der Waals surface area (Å²) in [4.78, 5) is 11.5. The Labute approximate surface area is 199 Å². The molecule has 3 aromatic carbocycles. The first-order chi connectivity index (χ1) is 16.4. The number of carboxylic acid groups (broad SMARTS) is 1. The summed E-state index contributed by atoms with van der Waals surface area (Å²) in [5.74, 6) is 0.357. The van der Waals surface area contributed by atoms with Gasteiger partial charge in [0.2, 0.25) is 11.8 Å². The minimum Gasteiger partial charge on any atom is -0.480 e. The van der Waals surface area contributed by atoms with E-state index in [9.17, 15) is 9.90 Å². The SMILES string of the molecule is Cc1c(-c2ccccc2)cccc1-c1nnc(-c2cccc(CN[C@@H](CC(C)C)C(=O)O)c2)o1. The summed E-state index contributed by atoms with van der Waals surface area (Å²) in [6.45, 7) is 6.53. The fourth-order valence-electron chi connectivity index (χ4n) is 4.04. The monoisotopic (exact) mass is 455 g/mol. The molecule has 0 aliphatic heterocycles. The van der Waals surface area contributed by atoms with Crippen LogP contribution < -0.4 is 5.32 Å². The first-order valence-electron chi connectivity index (χ1n) is 11.5. The minimum absolute atomic E-state index is 0.292. The van der Waals surface area contributed by atoms with Crippen LogP contribution >= 0.6 is 0 Å². The number of hydrogen-bond acceptors (Lipinski definition) is 5. The Morgan fingerprint density at radius 2 is 1.59 bits per heavy atom. The Hall–Kier alpha value is -3.77. The van der Waals surface area contributed by atoms with E-state index in [0.29, 0.717) is 30.7 Å². The van der Waals surface area contributed by atoms with Crippen LogP contribution in [0.15, 0.2) is 77.2 Å². The van der Waals surface area contributed by atoms with Crippen LogP contribution in [0.2, 0.25) is 0 Å². The number of carbonyl (C=O) groups is 1. The summed E-state index contributed by atoms with van der Waals surface area (Å²) < 4.78 is 6.06. The summed E-state index contributed by atoms with van der Waals surface area (Å²) in [7, 11) is 0. The lowest BCUT2D eigenvalue weighted by atomic mass is 9.96. The Kier molecular flexibility index (Phi) is 7.18. The number of aliphatic carboxylic acids is 1. The highest BCUT2D eigenvalue weighted by Gasteiger charge is 2.19. The lowest BCUT2D eigenvalue weighted by Crippen LogP contribution is -2.37. The van der Waals surface area contributed by atoms with Crippen molar-refractivity contribution in [3.05, 3.63) is 83.9 Å². The molecule has 1 atom stereocenters. The molecule has 0 unspecified atom stereocenters. The molecule has 0 saturated heterocycles. The van der Waals surface area contributed by atoms with Gasteiger partial charge in [-0.3, -0.25) is 4.79 Å². The van der Waals surface area contributed by atoms with Crippen LogP contribution in [-0.2, 0) is 11.3 Å². The molecule has 174 valence electrons. The topological polar surface area (TPSA) is 88.2 Å². The largest absolute Gasteiger partial charge is 0.480 e. The van der Waals surface area contributed by atoms with E-state index >= 15 is 0 Å². The van der Waals surface area contributed by atoms with Crippen LogP contribution in [0, 0.1) is 12.8 Å². The maximum Gasteiger partial charge on any atom is 0.320 e. The predicted octanol–water partition coefficient (Wildman–Crippen LogP) is 5.97. The second-order valence-electron chi connectivity index (χ2n) is 8.86. The zero-order valence-corrected chi connectivity index (χ0v) is 19.7. The number of hydrogen-bond donors (Lipinski definition) is 2.